The summed E-state index contributed by atoms with van der Waals surface area (Å²) in [6, 6.07) is 7.37. The molecule has 0 saturated carbocycles. The van der Waals surface area contributed by atoms with Gasteiger partial charge in [0, 0.05) is 25.8 Å². The summed E-state index contributed by atoms with van der Waals surface area (Å²) in [4.78, 5) is 51.0. The van der Waals surface area contributed by atoms with Gasteiger partial charge in [-0.05, 0) is 17.9 Å². The zero-order valence-corrected chi connectivity index (χ0v) is 19.1. The number of rotatable bonds is 8. The van der Waals surface area contributed by atoms with E-state index in [2.05, 4.69) is 10.6 Å². The van der Waals surface area contributed by atoms with E-state index in [1.54, 1.807) is 20.8 Å². The molecule has 0 unspecified atom stereocenters. The molecule has 1 aliphatic rings. The number of hydrogen-bond donors (Lipinski definition) is 4. The molecule has 1 heterocycles. The van der Waals surface area contributed by atoms with Gasteiger partial charge in [0.15, 0.2) is 0 Å². The predicted octanol–water partition coefficient (Wildman–Crippen LogP) is 0.622. The smallest absolute Gasteiger partial charge is 0.246 e. The van der Waals surface area contributed by atoms with Crippen molar-refractivity contribution < 1.29 is 24.3 Å². The molecule has 1 saturated heterocycles. The van der Waals surface area contributed by atoms with Gasteiger partial charge in [0.25, 0.3) is 0 Å². The zero-order valence-electron chi connectivity index (χ0n) is 19.1. The largest absolute Gasteiger partial charge is 0.391 e. The molecular formula is C23H34N4O5. The maximum atomic E-state index is 13.4. The zero-order chi connectivity index (χ0) is 24.1. The van der Waals surface area contributed by atoms with Crippen LogP contribution in [0, 0.1) is 5.41 Å². The van der Waals surface area contributed by atoms with Crippen LogP contribution in [-0.4, -0.2) is 58.4 Å². The fraction of sp³-hybridized carbons (Fsp3) is 0.565. The second kappa shape index (κ2) is 10.6. The van der Waals surface area contributed by atoms with Crippen molar-refractivity contribution in [3.8, 4) is 0 Å². The first-order chi connectivity index (χ1) is 14.9. The van der Waals surface area contributed by atoms with Crippen LogP contribution in [-0.2, 0) is 19.2 Å². The Kier molecular flexibility index (Phi) is 8.38. The third-order valence-electron chi connectivity index (χ3n) is 5.54. The second-order valence-electron chi connectivity index (χ2n) is 9.37. The first-order valence-electron chi connectivity index (χ1n) is 10.8. The Morgan fingerprint density at radius 3 is 2.31 bits per heavy atom. The number of carbonyl (C=O) groups is 4. The summed E-state index contributed by atoms with van der Waals surface area (Å²) in [5.74, 6) is -1.89. The minimum Gasteiger partial charge on any atom is -0.391 e. The summed E-state index contributed by atoms with van der Waals surface area (Å²) in [6.45, 7) is 7.23. The highest BCUT2D eigenvalue weighted by molar-refractivity contribution is 5.93. The molecule has 1 aromatic rings. The minimum atomic E-state index is -0.935. The molecule has 9 heteroatoms. The van der Waals surface area contributed by atoms with E-state index in [1.165, 1.54) is 4.90 Å². The maximum Gasteiger partial charge on any atom is 0.246 e. The molecule has 2 rings (SSSR count). The molecule has 0 aromatic heterocycles. The minimum absolute atomic E-state index is 0.000371. The molecule has 1 aromatic carbocycles. The van der Waals surface area contributed by atoms with Crippen LogP contribution in [0.5, 0.6) is 0 Å². The summed E-state index contributed by atoms with van der Waals surface area (Å²) in [7, 11) is 0. The van der Waals surface area contributed by atoms with Crippen molar-refractivity contribution in [3.63, 3.8) is 0 Å². The molecule has 0 aliphatic carbocycles. The van der Waals surface area contributed by atoms with Crippen molar-refractivity contribution in [2.75, 3.05) is 6.54 Å². The van der Waals surface area contributed by atoms with Crippen molar-refractivity contribution in [3.05, 3.63) is 35.9 Å². The van der Waals surface area contributed by atoms with E-state index in [0.29, 0.717) is 0 Å². The molecular weight excluding hydrogens is 412 g/mol. The molecule has 5 N–H and O–H groups in total. The van der Waals surface area contributed by atoms with Crippen molar-refractivity contribution in [2.24, 2.45) is 11.1 Å². The molecule has 1 aliphatic heterocycles. The lowest BCUT2D eigenvalue weighted by Crippen LogP contribution is -2.57. The highest BCUT2D eigenvalue weighted by atomic mass is 16.3. The number of hydrogen-bond acceptors (Lipinski definition) is 5. The lowest BCUT2D eigenvalue weighted by Gasteiger charge is -2.35. The molecule has 32 heavy (non-hydrogen) atoms. The molecule has 0 bridgehead atoms. The third kappa shape index (κ3) is 6.78. The Balaban J connectivity index is 2.15. The molecule has 0 spiro atoms. The van der Waals surface area contributed by atoms with Crippen LogP contribution in [0.25, 0.3) is 0 Å². The van der Waals surface area contributed by atoms with Crippen LogP contribution in [0.3, 0.4) is 0 Å². The predicted molar refractivity (Wildman–Crippen MR) is 119 cm³/mol. The highest BCUT2D eigenvalue weighted by Crippen LogP contribution is 2.27. The lowest BCUT2D eigenvalue weighted by atomic mass is 9.85. The fourth-order valence-electron chi connectivity index (χ4n) is 3.72. The van der Waals surface area contributed by atoms with E-state index in [-0.39, 0.29) is 37.8 Å². The van der Waals surface area contributed by atoms with Crippen LogP contribution in [0.1, 0.15) is 58.6 Å². The van der Waals surface area contributed by atoms with Crippen LogP contribution < -0.4 is 16.4 Å². The maximum absolute atomic E-state index is 13.4. The number of benzene rings is 1. The Hall–Kier alpha value is -2.94. The van der Waals surface area contributed by atoms with Gasteiger partial charge in [-0.2, -0.15) is 0 Å². The Bertz CT molecular complexity index is 837. The van der Waals surface area contributed by atoms with Crippen LogP contribution in [0.4, 0.5) is 0 Å². The number of aliphatic hydroxyl groups excluding tert-OH is 1. The average Bonchev–Trinajstić information content (AvgIpc) is 3.11. The van der Waals surface area contributed by atoms with Gasteiger partial charge in [-0.3, -0.25) is 19.2 Å². The van der Waals surface area contributed by atoms with Crippen LogP contribution >= 0.6 is 0 Å². The summed E-state index contributed by atoms with van der Waals surface area (Å²) in [5.41, 5.74) is 5.36. The van der Waals surface area contributed by atoms with E-state index in [4.69, 9.17) is 5.73 Å². The number of nitrogens with one attached hydrogen (secondary N) is 2. The topological polar surface area (TPSA) is 142 Å². The quantitative estimate of drug-likeness (QED) is 0.463. The number of carbonyl (C=O) groups excluding carboxylic acids is 4. The van der Waals surface area contributed by atoms with Gasteiger partial charge in [0.05, 0.1) is 12.1 Å². The van der Waals surface area contributed by atoms with Gasteiger partial charge in [0.2, 0.25) is 23.6 Å². The summed E-state index contributed by atoms with van der Waals surface area (Å²) >= 11 is 0. The lowest BCUT2D eigenvalue weighted by molar-refractivity contribution is -0.144. The van der Waals surface area contributed by atoms with Crippen LogP contribution in [0.2, 0.25) is 0 Å². The van der Waals surface area contributed by atoms with Gasteiger partial charge in [-0.25, -0.2) is 0 Å². The van der Waals surface area contributed by atoms with Gasteiger partial charge in [-0.1, -0.05) is 51.1 Å². The number of amides is 4. The summed E-state index contributed by atoms with van der Waals surface area (Å²) < 4.78 is 0. The average molecular weight is 447 g/mol. The highest BCUT2D eigenvalue weighted by Gasteiger charge is 2.44. The van der Waals surface area contributed by atoms with E-state index < -0.39 is 41.3 Å². The van der Waals surface area contributed by atoms with E-state index in [0.717, 1.165) is 5.56 Å². The molecule has 9 nitrogen and oxygen atoms in total. The van der Waals surface area contributed by atoms with Gasteiger partial charge in [-0.15, -0.1) is 0 Å². The Morgan fingerprint density at radius 2 is 1.75 bits per heavy atom. The first kappa shape index (κ1) is 25.3. The summed E-state index contributed by atoms with van der Waals surface area (Å²) in [6.07, 6.45) is -0.975. The third-order valence-corrected chi connectivity index (χ3v) is 5.54. The number of likely N-dealkylation sites (tertiary alicyclic amines) is 1. The van der Waals surface area contributed by atoms with Crippen molar-refractivity contribution in [1.29, 1.82) is 0 Å². The summed E-state index contributed by atoms with van der Waals surface area (Å²) in [5, 5.41) is 15.8. The van der Waals surface area contributed by atoms with Crippen molar-refractivity contribution >= 4 is 23.6 Å². The number of nitrogens with two attached hydrogens (primary N) is 1. The normalized spacial score (nSPS) is 20.3. The van der Waals surface area contributed by atoms with E-state index in [1.807, 2.05) is 37.3 Å². The number of primary amides is 1. The monoisotopic (exact) mass is 446 g/mol. The van der Waals surface area contributed by atoms with Gasteiger partial charge in [0.1, 0.15) is 12.1 Å². The molecule has 4 amide bonds. The number of β-amino-alcohol motifs (C(OH)–C–C–N with tert-alkyl or cyclic N) is 1. The van der Waals surface area contributed by atoms with E-state index in [9.17, 15) is 24.3 Å². The first-order valence-corrected chi connectivity index (χ1v) is 10.8. The Morgan fingerprint density at radius 1 is 1.12 bits per heavy atom. The van der Waals surface area contributed by atoms with E-state index >= 15 is 0 Å². The van der Waals surface area contributed by atoms with Crippen molar-refractivity contribution in [2.45, 2.75) is 71.2 Å². The molecule has 176 valence electrons. The standard InChI is InChI=1S/C23H34N4O5/c1-14(15-8-6-5-7-9-15)25-21(31)17-12-16(28)13-27(17)22(32)20(23(2,3)4)26-19(30)11-10-18(24)29/h5-9,14,16-17,20,28H,10-13H2,1-4H3,(H2,24,29)(H,25,31)(H,26,30)/t14-,16+,17-,20+/m0/s1. The van der Waals surface area contributed by atoms with Gasteiger partial charge < -0.3 is 26.4 Å². The number of nitrogens with zero attached hydrogens (tertiary/aromatic N) is 1. The van der Waals surface area contributed by atoms with Crippen LogP contribution in [0.15, 0.2) is 30.3 Å². The number of aliphatic hydroxyl groups is 1. The molecule has 4 atom stereocenters. The molecule has 0 radical (unpaired) electrons. The SMILES string of the molecule is C[C@H](NC(=O)[C@@H]1C[C@@H](O)CN1C(=O)[C@@H](NC(=O)CCC(N)=O)C(C)(C)C)c1ccccc1. The Labute approximate surface area is 188 Å². The molecule has 1 fully saturated rings. The van der Waals surface area contributed by atoms with Crippen molar-refractivity contribution in [1.82, 2.24) is 15.5 Å². The van der Waals surface area contributed by atoms with Gasteiger partial charge >= 0.3 is 0 Å². The second-order valence-corrected chi connectivity index (χ2v) is 9.37. The fourth-order valence-corrected chi connectivity index (χ4v) is 3.72.